The van der Waals surface area contributed by atoms with Crippen molar-refractivity contribution in [3.63, 3.8) is 0 Å². The number of carbonyl (C=O) groups is 1. The van der Waals surface area contributed by atoms with Crippen molar-refractivity contribution in [3.05, 3.63) is 28.3 Å². The summed E-state index contributed by atoms with van der Waals surface area (Å²) in [5, 5.41) is 0.621. The van der Waals surface area contributed by atoms with Crippen molar-refractivity contribution in [2.45, 2.75) is 40.5 Å². The summed E-state index contributed by atoms with van der Waals surface area (Å²) in [7, 11) is 0. The van der Waals surface area contributed by atoms with E-state index in [-0.39, 0.29) is 11.2 Å². The van der Waals surface area contributed by atoms with E-state index in [0.29, 0.717) is 29.5 Å². The Kier molecular flexibility index (Phi) is 3.91. The van der Waals surface area contributed by atoms with Gasteiger partial charge >= 0.3 is 0 Å². The smallest absolute Gasteiger partial charge is 0.166 e. The maximum atomic E-state index is 12.5. The molecule has 1 unspecified atom stereocenters. The summed E-state index contributed by atoms with van der Waals surface area (Å²) >= 11 is 6.09. The van der Waals surface area contributed by atoms with Crippen LogP contribution in [-0.2, 0) is 6.42 Å². The fourth-order valence-corrected chi connectivity index (χ4v) is 2.41. The van der Waals surface area contributed by atoms with E-state index >= 15 is 0 Å². The number of fused-ring (bicyclic) bond motifs is 1. The lowest BCUT2D eigenvalue weighted by molar-refractivity contribution is 0.0924. The van der Waals surface area contributed by atoms with Crippen LogP contribution in [0.1, 0.15) is 50.0 Å². The van der Waals surface area contributed by atoms with Gasteiger partial charge in [-0.2, -0.15) is 0 Å². The van der Waals surface area contributed by atoms with Crippen molar-refractivity contribution < 1.29 is 9.53 Å². The Balaban J connectivity index is 2.25. The van der Waals surface area contributed by atoms with E-state index < -0.39 is 0 Å². The Morgan fingerprint density at radius 2 is 2.11 bits per heavy atom. The number of benzene rings is 1. The molecule has 3 heteroatoms. The van der Waals surface area contributed by atoms with Crippen LogP contribution in [-0.4, -0.2) is 12.4 Å². The summed E-state index contributed by atoms with van der Waals surface area (Å²) in [5.41, 5.74) is 1.83. The normalized spacial score (nSPS) is 15.8. The molecule has 104 valence electrons. The SMILES string of the molecule is CC(CC(=O)c1cc(Cl)cc2c1OCC2)C(C)(C)C. The predicted octanol–water partition coefficient (Wildman–Crippen LogP) is 4.53. The molecule has 1 aliphatic heterocycles. The van der Waals surface area contributed by atoms with Crippen LogP contribution in [0.2, 0.25) is 5.02 Å². The van der Waals surface area contributed by atoms with Gasteiger partial charge in [-0.05, 0) is 29.0 Å². The van der Waals surface area contributed by atoms with Crippen molar-refractivity contribution in [1.29, 1.82) is 0 Å². The second-order valence-corrected chi connectivity index (χ2v) is 6.87. The van der Waals surface area contributed by atoms with Crippen molar-refractivity contribution in [3.8, 4) is 5.75 Å². The van der Waals surface area contributed by atoms with Crippen LogP contribution in [0.15, 0.2) is 12.1 Å². The zero-order valence-corrected chi connectivity index (χ0v) is 12.8. The van der Waals surface area contributed by atoms with E-state index in [1.165, 1.54) is 0 Å². The van der Waals surface area contributed by atoms with Crippen LogP contribution >= 0.6 is 11.6 Å². The van der Waals surface area contributed by atoms with E-state index in [0.717, 1.165) is 17.7 Å². The maximum absolute atomic E-state index is 12.5. The largest absolute Gasteiger partial charge is 0.492 e. The summed E-state index contributed by atoms with van der Waals surface area (Å²) < 4.78 is 5.59. The average molecular weight is 281 g/mol. The van der Waals surface area contributed by atoms with Crippen LogP contribution in [0, 0.1) is 11.3 Å². The minimum absolute atomic E-state index is 0.123. The number of Topliss-reactive ketones (excluding diaryl/α,β-unsaturated/α-hetero) is 1. The van der Waals surface area contributed by atoms with Crippen LogP contribution in [0.5, 0.6) is 5.75 Å². The highest BCUT2D eigenvalue weighted by Gasteiger charge is 2.27. The summed E-state index contributed by atoms with van der Waals surface area (Å²) in [6, 6.07) is 3.64. The number of ether oxygens (including phenoxy) is 1. The van der Waals surface area contributed by atoms with Crippen LogP contribution in [0.25, 0.3) is 0 Å². The molecule has 2 rings (SSSR count). The van der Waals surface area contributed by atoms with Crippen molar-refractivity contribution >= 4 is 17.4 Å². The van der Waals surface area contributed by atoms with Crippen molar-refractivity contribution in [1.82, 2.24) is 0 Å². The lowest BCUT2D eigenvalue weighted by atomic mass is 9.78. The van der Waals surface area contributed by atoms with E-state index in [1.807, 2.05) is 6.07 Å². The predicted molar refractivity (Wildman–Crippen MR) is 78.2 cm³/mol. The fraction of sp³-hybridized carbons (Fsp3) is 0.562. The van der Waals surface area contributed by atoms with Crippen LogP contribution in [0.3, 0.4) is 0 Å². The van der Waals surface area contributed by atoms with Gasteiger partial charge < -0.3 is 4.74 Å². The fourth-order valence-electron chi connectivity index (χ4n) is 2.17. The van der Waals surface area contributed by atoms with Gasteiger partial charge in [0, 0.05) is 17.9 Å². The van der Waals surface area contributed by atoms with Gasteiger partial charge in [0.05, 0.1) is 12.2 Å². The second-order valence-electron chi connectivity index (χ2n) is 6.43. The molecule has 1 heterocycles. The number of rotatable bonds is 3. The Hall–Kier alpha value is -1.02. The molecule has 0 aliphatic carbocycles. The number of carbonyl (C=O) groups excluding carboxylic acids is 1. The zero-order valence-electron chi connectivity index (χ0n) is 12.0. The van der Waals surface area contributed by atoms with Gasteiger partial charge in [0.15, 0.2) is 5.78 Å². The summed E-state index contributed by atoms with van der Waals surface area (Å²) in [6.45, 7) is 9.23. The molecule has 0 fully saturated rings. The maximum Gasteiger partial charge on any atom is 0.166 e. The summed E-state index contributed by atoms with van der Waals surface area (Å²) in [6.07, 6.45) is 1.37. The Morgan fingerprint density at radius 1 is 1.42 bits per heavy atom. The van der Waals surface area contributed by atoms with Crippen molar-refractivity contribution in [2.75, 3.05) is 6.61 Å². The first-order chi connectivity index (χ1) is 8.79. The number of ketones is 1. The third kappa shape index (κ3) is 3.11. The molecule has 1 aromatic rings. The molecule has 0 bridgehead atoms. The molecule has 1 aromatic carbocycles. The minimum Gasteiger partial charge on any atom is -0.492 e. The molecule has 2 nitrogen and oxygen atoms in total. The number of halogens is 1. The first-order valence-electron chi connectivity index (χ1n) is 6.77. The Morgan fingerprint density at radius 3 is 2.74 bits per heavy atom. The van der Waals surface area contributed by atoms with Gasteiger partial charge in [-0.3, -0.25) is 4.79 Å². The Bertz CT molecular complexity index is 500. The molecule has 0 amide bonds. The highest BCUT2D eigenvalue weighted by atomic mass is 35.5. The highest BCUT2D eigenvalue weighted by Crippen LogP contribution is 2.36. The number of hydrogen-bond donors (Lipinski definition) is 0. The van der Waals surface area contributed by atoms with E-state index in [2.05, 4.69) is 27.7 Å². The first kappa shape index (κ1) is 14.4. The molecule has 1 aliphatic rings. The topological polar surface area (TPSA) is 26.3 Å². The minimum atomic E-state index is 0.123. The molecular weight excluding hydrogens is 260 g/mol. The van der Waals surface area contributed by atoms with E-state index in [4.69, 9.17) is 16.3 Å². The van der Waals surface area contributed by atoms with Gasteiger partial charge in [0.2, 0.25) is 0 Å². The molecule has 0 spiro atoms. The molecule has 19 heavy (non-hydrogen) atoms. The number of hydrogen-bond acceptors (Lipinski definition) is 2. The van der Waals surface area contributed by atoms with E-state index in [1.54, 1.807) is 6.07 Å². The quantitative estimate of drug-likeness (QED) is 0.761. The third-order valence-electron chi connectivity index (χ3n) is 4.02. The standard InChI is InChI=1S/C16H21ClO2/c1-10(16(2,3)4)7-14(18)13-9-12(17)8-11-5-6-19-15(11)13/h8-10H,5-7H2,1-4H3. The molecule has 0 aromatic heterocycles. The van der Waals surface area contributed by atoms with Gasteiger partial charge in [-0.15, -0.1) is 0 Å². The monoisotopic (exact) mass is 280 g/mol. The van der Waals surface area contributed by atoms with E-state index in [9.17, 15) is 4.79 Å². The Labute approximate surface area is 120 Å². The van der Waals surface area contributed by atoms with Crippen molar-refractivity contribution in [2.24, 2.45) is 11.3 Å². The van der Waals surface area contributed by atoms with Gasteiger partial charge in [-0.1, -0.05) is 39.3 Å². The first-order valence-corrected chi connectivity index (χ1v) is 7.15. The second kappa shape index (κ2) is 5.16. The van der Waals surface area contributed by atoms with Gasteiger partial charge in [0.1, 0.15) is 5.75 Å². The lowest BCUT2D eigenvalue weighted by Crippen LogP contribution is -2.20. The zero-order chi connectivity index (χ0) is 14.2. The summed E-state index contributed by atoms with van der Waals surface area (Å²) in [5.74, 6) is 1.19. The van der Waals surface area contributed by atoms with Gasteiger partial charge in [0.25, 0.3) is 0 Å². The van der Waals surface area contributed by atoms with Crippen LogP contribution < -0.4 is 4.74 Å². The molecule has 0 saturated carbocycles. The molecule has 0 radical (unpaired) electrons. The average Bonchev–Trinajstić information content (AvgIpc) is 2.74. The van der Waals surface area contributed by atoms with Crippen LogP contribution in [0.4, 0.5) is 0 Å². The molecule has 0 saturated heterocycles. The lowest BCUT2D eigenvalue weighted by Gasteiger charge is -2.26. The third-order valence-corrected chi connectivity index (χ3v) is 4.24. The molecular formula is C16H21ClO2. The molecule has 1 atom stereocenters. The van der Waals surface area contributed by atoms with Gasteiger partial charge in [-0.25, -0.2) is 0 Å². The summed E-state index contributed by atoms with van der Waals surface area (Å²) in [4.78, 5) is 12.5. The highest BCUT2D eigenvalue weighted by molar-refractivity contribution is 6.31. The molecule has 0 N–H and O–H groups in total.